The molecule has 106 valence electrons. The highest BCUT2D eigenvalue weighted by atomic mass is 16.5. The number of ether oxygens (including phenoxy) is 1. The molecule has 1 aliphatic rings. The zero-order valence-corrected chi connectivity index (χ0v) is 12.1. The van der Waals surface area contributed by atoms with Crippen molar-refractivity contribution in [3.8, 4) is 0 Å². The van der Waals surface area contributed by atoms with Gasteiger partial charge in [0.25, 0.3) is 0 Å². The van der Waals surface area contributed by atoms with Gasteiger partial charge in [0.15, 0.2) is 0 Å². The zero-order valence-electron chi connectivity index (χ0n) is 12.1. The van der Waals surface area contributed by atoms with Crippen molar-refractivity contribution in [2.24, 2.45) is 11.7 Å². The van der Waals surface area contributed by atoms with E-state index >= 15 is 0 Å². The molecular weight excluding hydrogens is 236 g/mol. The summed E-state index contributed by atoms with van der Waals surface area (Å²) in [5.41, 5.74) is 8.50. The van der Waals surface area contributed by atoms with Gasteiger partial charge in [-0.25, -0.2) is 0 Å². The van der Waals surface area contributed by atoms with Gasteiger partial charge in [-0.15, -0.1) is 0 Å². The molecule has 3 nitrogen and oxygen atoms in total. The fourth-order valence-electron chi connectivity index (χ4n) is 2.26. The van der Waals surface area contributed by atoms with Crippen LogP contribution in [-0.2, 0) is 4.74 Å². The van der Waals surface area contributed by atoms with Crippen LogP contribution in [0.3, 0.4) is 0 Å². The van der Waals surface area contributed by atoms with Crippen molar-refractivity contribution in [3.63, 3.8) is 0 Å². The molecule has 3 heteroatoms. The third kappa shape index (κ3) is 4.60. The molecule has 1 fully saturated rings. The van der Waals surface area contributed by atoms with Crippen LogP contribution in [0.5, 0.6) is 0 Å². The molecule has 0 bridgehead atoms. The summed E-state index contributed by atoms with van der Waals surface area (Å²) in [4.78, 5) is 2.29. The van der Waals surface area contributed by atoms with E-state index in [1.807, 2.05) is 0 Å². The highest BCUT2D eigenvalue weighted by Gasteiger charge is 2.21. The van der Waals surface area contributed by atoms with Gasteiger partial charge in [-0.3, -0.25) is 4.90 Å². The van der Waals surface area contributed by atoms with Crippen molar-refractivity contribution in [1.29, 1.82) is 0 Å². The molecule has 1 aliphatic carbocycles. The van der Waals surface area contributed by atoms with Gasteiger partial charge in [0.2, 0.25) is 0 Å². The van der Waals surface area contributed by atoms with Gasteiger partial charge in [-0.1, -0.05) is 29.8 Å². The van der Waals surface area contributed by atoms with Crippen molar-refractivity contribution < 1.29 is 4.74 Å². The molecular formula is C16H26N2O. The van der Waals surface area contributed by atoms with E-state index in [9.17, 15) is 0 Å². The van der Waals surface area contributed by atoms with Gasteiger partial charge in [0, 0.05) is 25.7 Å². The van der Waals surface area contributed by atoms with Crippen molar-refractivity contribution in [2.45, 2.75) is 25.8 Å². The minimum atomic E-state index is 0.283. The molecule has 2 N–H and O–H groups in total. The molecule has 19 heavy (non-hydrogen) atoms. The molecule has 0 saturated heterocycles. The quantitative estimate of drug-likeness (QED) is 0.731. The Balaban J connectivity index is 1.79. The lowest BCUT2D eigenvalue weighted by atomic mass is 10.0. The molecule has 1 saturated carbocycles. The van der Waals surface area contributed by atoms with Gasteiger partial charge in [-0.2, -0.15) is 0 Å². The van der Waals surface area contributed by atoms with Crippen molar-refractivity contribution in [3.05, 3.63) is 35.4 Å². The van der Waals surface area contributed by atoms with Crippen molar-refractivity contribution in [2.75, 3.05) is 33.4 Å². The van der Waals surface area contributed by atoms with Gasteiger partial charge in [0.05, 0.1) is 6.61 Å². The summed E-state index contributed by atoms with van der Waals surface area (Å²) in [5.74, 6) is 0.840. The number of hydrogen-bond donors (Lipinski definition) is 1. The lowest BCUT2D eigenvalue weighted by Crippen LogP contribution is -2.33. The first-order valence-electron chi connectivity index (χ1n) is 7.25. The lowest BCUT2D eigenvalue weighted by molar-refractivity contribution is 0.0922. The average Bonchev–Trinajstić information content (AvgIpc) is 3.22. The summed E-state index contributed by atoms with van der Waals surface area (Å²) in [7, 11) is 2.12. The Morgan fingerprint density at radius 2 is 2.00 bits per heavy atom. The van der Waals surface area contributed by atoms with E-state index in [4.69, 9.17) is 10.5 Å². The highest BCUT2D eigenvalue weighted by molar-refractivity contribution is 5.24. The van der Waals surface area contributed by atoms with Crippen LogP contribution in [0.4, 0.5) is 0 Å². The van der Waals surface area contributed by atoms with Crippen molar-refractivity contribution in [1.82, 2.24) is 4.90 Å². The van der Waals surface area contributed by atoms with E-state index in [1.54, 1.807) is 0 Å². The van der Waals surface area contributed by atoms with Crippen LogP contribution in [0, 0.1) is 12.8 Å². The number of benzene rings is 1. The Bertz CT molecular complexity index is 373. The number of nitrogens with zero attached hydrogens (tertiary/aromatic N) is 1. The number of nitrogens with two attached hydrogens (primary N) is 1. The summed E-state index contributed by atoms with van der Waals surface area (Å²) in [6.45, 7) is 5.42. The SMILES string of the molecule is Cc1ccc(C(CN)N(C)CCOCC2CC2)cc1. The molecule has 1 aromatic rings. The second kappa shape index (κ2) is 7.04. The van der Waals surface area contributed by atoms with Gasteiger partial charge < -0.3 is 10.5 Å². The van der Waals surface area contributed by atoms with E-state index in [-0.39, 0.29) is 6.04 Å². The summed E-state index contributed by atoms with van der Waals surface area (Å²) in [5, 5.41) is 0. The third-order valence-corrected chi connectivity index (χ3v) is 3.86. The molecule has 1 atom stereocenters. The maximum atomic E-state index is 5.92. The van der Waals surface area contributed by atoms with Crippen molar-refractivity contribution >= 4 is 0 Å². The molecule has 0 spiro atoms. The first-order chi connectivity index (χ1) is 9.20. The molecule has 2 rings (SSSR count). The monoisotopic (exact) mass is 262 g/mol. The van der Waals surface area contributed by atoms with E-state index in [1.165, 1.54) is 24.0 Å². The predicted octanol–water partition coefficient (Wildman–Crippen LogP) is 2.35. The average molecular weight is 262 g/mol. The van der Waals surface area contributed by atoms with Crippen LogP contribution in [-0.4, -0.2) is 38.3 Å². The topological polar surface area (TPSA) is 38.5 Å². The van der Waals surface area contributed by atoms with E-state index in [2.05, 4.69) is 43.1 Å². The van der Waals surface area contributed by atoms with Crippen LogP contribution >= 0.6 is 0 Å². The van der Waals surface area contributed by atoms with Gasteiger partial charge >= 0.3 is 0 Å². The van der Waals surface area contributed by atoms with Crippen LogP contribution < -0.4 is 5.73 Å². The number of likely N-dealkylation sites (N-methyl/N-ethyl adjacent to an activating group) is 1. The number of hydrogen-bond acceptors (Lipinski definition) is 3. The molecule has 0 amide bonds. The minimum absolute atomic E-state index is 0.283. The Morgan fingerprint density at radius 1 is 1.32 bits per heavy atom. The molecule has 0 aliphatic heterocycles. The smallest absolute Gasteiger partial charge is 0.0593 e. The molecule has 1 unspecified atom stereocenters. The Kier molecular flexibility index (Phi) is 5.37. The number of aryl methyl sites for hydroxylation is 1. The predicted molar refractivity (Wildman–Crippen MR) is 79.1 cm³/mol. The third-order valence-electron chi connectivity index (χ3n) is 3.86. The second-order valence-electron chi connectivity index (χ2n) is 5.66. The summed E-state index contributed by atoms with van der Waals surface area (Å²) in [6, 6.07) is 8.93. The van der Waals surface area contributed by atoms with Crippen LogP contribution in [0.2, 0.25) is 0 Å². The summed E-state index contributed by atoms with van der Waals surface area (Å²) in [6.07, 6.45) is 2.70. The van der Waals surface area contributed by atoms with Gasteiger partial charge in [0.1, 0.15) is 0 Å². The lowest BCUT2D eigenvalue weighted by Gasteiger charge is -2.27. The summed E-state index contributed by atoms with van der Waals surface area (Å²) < 4.78 is 5.70. The Hall–Kier alpha value is -0.900. The normalized spacial score (nSPS) is 16.8. The maximum absolute atomic E-state index is 5.92. The number of rotatable bonds is 8. The fourth-order valence-corrected chi connectivity index (χ4v) is 2.26. The van der Waals surface area contributed by atoms with E-state index in [0.717, 1.165) is 25.7 Å². The highest BCUT2D eigenvalue weighted by Crippen LogP contribution is 2.28. The van der Waals surface area contributed by atoms with Crippen LogP contribution in [0.25, 0.3) is 0 Å². The second-order valence-corrected chi connectivity index (χ2v) is 5.66. The van der Waals surface area contributed by atoms with E-state index < -0.39 is 0 Å². The van der Waals surface area contributed by atoms with E-state index in [0.29, 0.717) is 6.54 Å². The fraction of sp³-hybridized carbons (Fsp3) is 0.625. The van der Waals surface area contributed by atoms with Crippen LogP contribution in [0.1, 0.15) is 30.0 Å². The first kappa shape index (κ1) is 14.5. The minimum Gasteiger partial charge on any atom is -0.380 e. The zero-order chi connectivity index (χ0) is 13.7. The first-order valence-corrected chi connectivity index (χ1v) is 7.25. The standard InChI is InChI=1S/C16H26N2O/c1-13-3-7-15(8-4-13)16(11-17)18(2)9-10-19-12-14-5-6-14/h3-4,7-8,14,16H,5-6,9-12,17H2,1-2H3. The summed E-state index contributed by atoms with van der Waals surface area (Å²) >= 11 is 0. The maximum Gasteiger partial charge on any atom is 0.0593 e. The molecule has 0 heterocycles. The van der Waals surface area contributed by atoms with Crippen LogP contribution in [0.15, 0.2) is 24.3 Å². The molecule has 1 aromatic carbocycles. The molecule has 0 radical (unpaired) electrons. The van der Waals surface area contributed by atoms with Gasteiger partial charge in [-0.05, 0) is 38.3 Å². The molecule has 0 aromatic heterocycles. The Morgan fingerprint density at radius 3 is 2.58 bits per heavy atom. The Labute approximate surface area is 116 Å². The largest absolute Gasteiger partial charge is 0.380 e.